The lowest BCUT2D eigenvalue weighted by Gasteiger charge is -2.33. The minimum atomic E-state index is -4.73. The molecule has 25 heavy (non-hydrogen) atoms. The van der Waals surface area contributed by atoms with Crippen molar-refractivity contribution in [1.82, 2.24) is 5.32 Å². The molecule has 2 N–H and O–H groups in total. The van der Waals surface area contributed by atoms with Gasteiger partial charge in [-0.3, -0.25) is 9.59 Å². The minimum Gasteiger partial charge on any atom is -0.377 e. The highest BCUT2D eigenvalue weighted by Crippen LogP contribution is 2.34. The van der Waals surface area contributed by atoms with Crippen LogP contribution in [0.4, 0.5) is 13.2 Å². The second-order valence-electron chi connectivity index (χ2n) is 5.10. The van der Waals surface area contributed by atoms with Gasteiger partial charge in [0, 0.05) is 4.48 Å². The summed E-state index contributed by atoms with van der Waals surface area (Å²) in [5.41, 5.74) is -2.20. The summed E-state index contributed by atoms with van der Waals surface area (Å²) in [4.78, 5) is 24.1. The highest BCUT2D eigenvalue weighted by Gasteiger charge is 2.46. The summed E-state index contributed by atoms with van der Waals surface area (Å²) in [5, 5.41) is 12.4. The van der Waals surface area contributed by atoms with Gasteiger partial charge in [0.05, 0.1) is 5.92 Å². The summed E-state index contributed by atoms with van der Waals surface area (Å²) < 4.78 is 39.2. The predicted octanol–water partition coefficient (Wildman–Crippen LogP) is 3.16. The number of carbonyl (C=O) groups is 2. The quantitative estimate of drug-likeness (QED) is 0.460. The van der Waals surface area contributed by atoms with Crippen molar-refractivity contribution in [2.45, 2.75) is 28.7 Å². The molecule has 0 aliphatic heterocycles. The molecule has 0 aromatic carbocycles. The van der Waals surface area contributed by atoms with Crippen LogP contribution in [0.2, 0.25) is 0 Å². The van der Waals surface area contributed by atoms with Crippen molar-refractivity contribution in [3.8, 4) is 0 Å². The number of aliphatic hydroxyl groups is 1. The fourth-order valence-corrected chi connectivity index (χ4v) is 2.63. The predicted molar refractivity (Wildman–Crippen MR) is 89.5 cm³/mol. The normalized spacial score (nSPS) is 25.3. The molecule has 3 atom stereocenters. The molecule has 0 bridgehead atoms. The second kappa shape index (κ2) is 8.14. The molecule has 0 spiro atoms. The van der Waals surface area contributed by atoms with Gasteiger partial charge >= 0.3 is 6.18 Å². The molecule has 12 heteroatoms. The van der Waals surface area contributed by atoms with Gasteiger partial charge in [0.1, 0.15) is 6.61 Å². The van der Waals surface area contributed by atoms with E-state index in [2.05, 4.69) is 20.7 Å². The van der Waals surface area contributed by atoms with Crippen molar-refractivity contribution < 1.29 is 32.6 Å². The number of hydrogen-bond acceptors (Lipinski definition) is 4. The largest absolute Gasteiger partial charge is 0.411 e. The van der Waals surface area contributed by atoms with Gasteiger partial charge in [-0.05, 0) is 19.1 Å². The van der Waals surface area contributed by atoms with Crippen LogP contribution in [0.5, 0.6) is 0 Å². The number of Topliss-reactive ketones (excluding diaryl/α,β-unsaturated/α-hetero) is 1. The SMILES string of the molecule is CC(=O)C1(O)C=CC(Br)=CC1C(=O)NC(OCC(F)(F)F)C(Cl)(Cl)Cl. The van der Waals surface area contributed by atoms with E-state index in [-0.39, 0.29) is 0 Å². The molecule has 3 unspecified atom stereocenters. The standard InChI is InChI=1S/C13H12BrCl3F3NO4/c1-6(22)11(24)3-2-7(14)4-8(11)9(23)21-10(13(15,16)17)25-5-12(18,19)20/h2-4,8,10,24H,5H2,1H3,(H,21,23). The van der Waals surface area contributed by atoms with Crippen LogP contribution in [-0.4, -0.2) is 45.2 Å². The molecule has 1 amide bonds. The molecule has 0 fully saturated rings. The first kappa shape index (κ1) is 22.7. The Hall–Kier alpha value is -0.320. The van der Waals surface area contributed by atoms with E-state index >= 15 is 0 Å². The van der Waals surface area contributed by atoms with Gasteiger partial charge in [-0.15, -0.1) is 0 Å². The van der Waals surface area contributed by atoms with E-state index in [0.29, 0.717) is 4.48 Å². The molecule has 5 nitrogen and oxygen atoms in total. The topological polar surface area (TPSA) is 75.6 Å². The molecule has 0 aromatic heterocycles. The first-order chi connectivity index (χ1) is 11.2. The van der Waals surface area contributed by atoms with E-state index < -0.39 is 46.0 Å². The van der Waals surface area contributed by atoms with Crippen LogP contribution < -0.4 is 5.32 Å². The van der Waals surface area contributed by atoms with E-state index in [4.69, 9.17) is 34.8 Å². The van der Waals surface area contributed by atoms with Crippen LogP contribution in [0.25, 0.3) is 0 Å². The van der Waals surface area contributed by atoms with Gasteiger partial charge in [-0.2, -0.15) is 13.2 Å². The average Bonchev–Trinajstić information content (AvgIpc) is 2.43. The van der Waals surface area contributed by atoms with Crippen molar-refractivity contribution in [2.24, 2.45) is 5.92 Å². The molecule has 0 aromatic rings. The number of hydrogen-bond donors (Lipinski definition) is 2. The molecule has 1 aliphatic carbocycles. The third kappa shape index (κ3) is 6.41. The van der Waals surface area contributed by atoms with Gasteiger partial charge in [0.2, 0.25) is 9.70 Å². The number of nitrogens with one attached hydrogen (secondary N) is 1. The lowest BCUT2D eigenvalue weighted by atomic mass is 9.80. The molecular weight excluding hydrogens is 477 g/mol. The van der Waals surface area contributed by atoms with Crippen molar-refractivity contribution in [3.63, 3.8) is 0 Å². The summed E-state index contributed by atoms with van der Waals surface area (Å²) in [6, 6.07) is 0. The number of amides is 1. The fourth-order valence-electron chi connectivity index (χ4n) is 1.88. The number of rotatable bonds is 5. The zero-order chi connectivity index (χ0) is 19.6. The molecule has 0 heterocycles. The second-order valence-corrected chi connectivity index (χ2v) is 8.39. The monoisotopic (exact) mass is 487 g/mol. The summed E-state index contributed by atoms with van der Waals surface area (Å²) in [6.07, 6.45) is -3.09. The zero-order valence-corrected chi connectivity index (χ0v) is 16.3. The Kier molecular flexibility index (Phi) is 7.40. The van der Waals surface area contributed by atoms with Crippen molar-refractivity contribution in [3.05, 3.63) is 22.7 Å². The maximum absolute atomic E-state index is 12.4. The van der Waals surface area contributed by atoms with E-state index in [1.807, 2.05) is 5.32 Å². The van der Waals surface area contributed by atoms with Gasteiger partial charge in [-0.25, -0.2) is 0 Å². The highest BCUT2D eigenvalue weighted by molar-refractivity contribution is 9.11. The Morgan fingerprint density at radius 2 is 2.00 bits per heavy atom. The van der Waals surface area contributed by atoms with Gasteiger partial charge in [-0.1, -0.05) is 56.8 Å². The average molecular weight is 489 g/mol. The summed E-state index contributed by atoms with van der Waals surface area (Å²) in [6.45, 7) is -0.739. The van der Waals surface area contributed by atoms with Crippen LogP contribution in [0.1, 0.15) is 6.92 Å². The molecule has 1 rings (SSSR count). The summed E-state index contributed by atoms with van der Waals surface area (Å²) in [7, 11) is 0. The van der Waals surface area contributed by atoms with Gasteiger partial charge < -0.3 is 15.2 Å². The molecule has 0 radical (unpaired) electrons. The van der Waals surface area contributed by atoms with Crippen molar-refractivity contribution in [2.75, 3.05) is 6.61 Å². The summed E-state index contributed by atoms with van der Waals surface area (Å²) in [5.74, 6) is -3.31. The van der Waals surface area contributed by atoms with E-state index in [0.717, 1.165) is 13.0 Å². The molecule has 0 saturated heterocycles. The Bertz CT molecular complexity index is 606. The maximum atomic E-state index is 12.4. The van der Waals surface area contributed by atoms with Crippen molar-refractivity contribution >= 4 is 62.4 Å². The van der Waals surface area contributed by atoms with E-state index in [9.17, 15) is 27.9 Å². The Morgan fingerprint density at radius 1 is 1.44 bits per heavy atom. The van der Waals surface area contributed by atoms with Crippen LogP contribution in [-0.2, 0) is 14.3 Å². The number of halogens is 7. The highest BCUT2D eigenvalue weighted by atomic mass is 79.9. The Morgan fingerprint density at radius 3 is 2.44 bits per heavy atom. The van der Waals surface area contributed by atoms with Crippen LogP contribution in [0, 0.1) is 5.92 Å². The lowest BCUT2D eigenvalue weighted by molar-refractivity contribution is -0.189. The third-order valence-electron chi connectivity index (χ3n) is 3.13. The zero-order valence-electron chi connectivity index (χ0n) is 12.4. The Balaban J connectivity index is 3.02. The maximum Gasteiger partial charge on any atom is 0.411 e. The number of ether oxygens (including phenoxy) is 1. The number of alkyl halides is 6. The first-order valence-corrected chi connectivity index (χ1v) is 8.45. The van der Waals surface area contributed by atoms with Gasteiger partial charge in [0.15, 0.2) is 17.6 Å². The minimum absolute atomic E-state index is 0.361. The fraction of sp³-hybridized carbons (Fsp3) is 0.538. The lowest BCUT2D eigenvalue weighted by Crippen LogP contribution is -2.55. The smallest absolute Gasteiger partial charge is 0.377 e. The molecule has 142 valence electrons. The van der Waals surface area contributed by atoms with Crippen LogP contribution in [0.3, 0.4) is 0 Å². The number of ketones is 1. The molecule has 1 aliphatic rings. The van der Waals surface area contributed by atoms with Crippen LogP contribution >= 0.6 is 50.7 Å². The first-order valence-electron chi connectivity index (χ1n) is 6.52. The van der Waals surface area contributed by atoms with Gasteiger partial charge in [0.25, 0.3) is 0 Å². The third-order valence-corrected chi connectivity index (χ3v) is 4.25. The van der Waals surface area contributed by atoms with Crippen molar-refractivity contribution in [1.29, 1.82) is 0 Å². The molecular formula is C13H12BrCl3F3NO4. The molecule has 0 saturated carbocycles. The number of carbonyl (C=O) groups excluding carboxylic acids is 2. The Labute approximate surface area is 164 Å². The summed E-state index contributed by atoms with van der Waals surface area (Å²) >= 11 is 19.7. The van der Waals surface area contributed by atoms with Crippen LogP contribution in [0.15, 0.2) is 22.7 Å². The van der Waals surface area contributed by atoms with E-state index in [1.54, 1.807) is 0 Å². The van der Waals surface area contributed by atoms with E-state index in [1.165, 1.54) is 12.2 Å². The number of allylic oxidation sites excluding steroid dienone is 2.